The Hall–Kier alpha value is -0.220. The van der Waals surface area contributed by atoms with Gasteiger partial charge in [0.05, 0.1) is 5.92 Å². The van der Waals surface area contributed by atoms with Crippen molar-refractivity contribution in [1.29, 1.82) is 0 Å². The van der Waals surface area contributed by atoms with E-state index in [2.05, 4.69) is 12.6 Å². The number of carbonyl (C=O) groups is 1. The molecule has 2 atom stereocenters. The molecule has 0 spiro atoms. The third-order valence-electron chi connectivity index (χ3n) is 1.55. The van der Waals surface area contributed by atoms with Crippen molar-refractivity contribution in [2.45, 2.75) is 25.0 Å². The molecule has 0 aromatic rings. The van der Waals surface area contributed by atoms with Crippen LogP contribution in [-0.4, -0.2) is 22.9 Å². The summed E-state index contributed by atoms with van der Waals surface area (Å²) in [5, 5.41) is 8.65. The van der Waals surface area contributed by atoms with Gasteiger partial charge in [0.25, 0.3) is 0 Å². The van der Waals surface area contributed by atoms with Gasteiger partial charge < -0.3 is 10.8 Å². The van der Waals surface area contributed by atoms with E-state index in [4.69, 9.17) is 10.8 Å². The van der Waals surface area contributed by atoms with E-state index in [-0.39, 0.29) is 11.2 Å². The first kappa shape index (κ1) is 10.8. The molecule has 0 aliphatic rings. The van der Waals surface area contributed by atoms with Crippen LogP contribution in [0, 0.1) is 5.92 Å². The number of aliphatic carboxylic acids is 1. The first-order valence-electron chi connectivity index (χ1n) is 3.68. The van der Waals surface area contributed by atoms with Crippen LogP contribution in [0.3, 0.4) is 0 Å². The molecule has 3 N–H and O–H groups in total. The van der Waals surface area contributed by atoms with Crippen LogP contribution in [0.1, 0.15) is 19.8 Å². The van der Waals surface area contributed by atoms with Crippen LogP contribution in [0.15, 0.2) is 0 Å². The van der Waals surface area contributed by atoms with Crippen molar-refractivity contribution in [3.63, 3.8) is 0 Å². The molecule has 0 aliphatic carbocycles. The zero-order valence-corrected chi connectivity index (χ0v) is 7.55. The topological polar surface area (TPSA) is 63.3 Å². The Morgan fingerprint density at radius 1 is 1.73 bits per heavy atom. The molecule has 0 aliphatic heterocycles. The van der Waals surface area contributed by atoms with Crippen LogP contribution in [-0.2, 0) is 4.79 Å². The van der Waals surface area contributed by atoms with Crippen LogP contribution >= 0.6 is 12.6 Å². The minimum atomic E-state index is -0.763. The highest BCUT2D eigenvalue weighted by Crippen LogP contribution is 2.13. The lowest BCUT2D eigenvalue weighted by molar-refractivity contribution is -0.141. The van der Waals surface area contributed by atoms with Crippen LogP contribution in [0.25, 0.3) is 0 Å². The van der Waals surface area contributed by atoms with Crippen molar-refractivity contribution in [2.75, 3.05) is 6.54 Å². The van der Waals surface area contributed by atoms with E-state index < -0.39 is 5.97 Å². The molecule has 66 valence electrons. The minimum absolute atomic E-state index is 0.117. The maximum absolute atomic E-state index is 10.4. The monoisotopic (exact) mass is 177 g/mol. The minimum Gasteiger partial charge on any atom is -0.481 e. The lowest BCUT2D eigenvalue weighted by Crippen LogP contribution is -2.17. The summed E-state index contributed by atoms with van der Waals surface area (Å²) in [5.41, 5.74) is 5.28. The van der Waals surface area contributed by atoms with Gasteiger partial charge in [-0.25, -0.2) is 0 Å². The first-order valence-corrected chi connectivity index (χ1v) is 4.20. The normalized spacial score (nSPS) is 15.9. The second-order valence-electron chi connectivity index (χ2n) is 2.71. The maximum atomic E-state index is 10.4. The highest BCUT2D eigenvalue weighted by atomic mass is 32.1. The first-order chi connectivity index (χ1) is 5.07. The fourth-order valence-corrected chi connectivity index (χ4v) is 1.28. The largest absolute Gasteiger partial charge is 0.481 e. The standard InChI is InChI=1S/C7H15NO2S/c1-5(7(9)10)4-6(11)2-3-8/h5-6,11H,2-4,8H2,1H3,(H,9,10). The zero-order valence-electron chi connectivity index (χ0n) is 6.66. The van der Waals surface area contributed by atoms with E-state index >= 15 is 0 Å². The van der Waals surface area contributed by atoms with Crippen LogP contribution in [0.5, 0.6) is 0 Å². The Kier molecular flexibility index (Phi) is 5.32. The smallest absolute Gasteiger partial charge is 0.306 e. The van der Waals surface area contributed by atoms with E-state index in [0.29, 0.717) is 13.0 Å². The Morgan fingerprint density at radius 3 is 2.64 bits per heavy atom. The molecule has 0 fully saturated rings. The second-order valence-corrected chi connectivity index (χ2v) is 3.44. The van der Waals surface area contributed by atoms with Crippen molar-refractivity contribution in [3.05, 3.63) is 0 Å². The summed E-state index contributed by atoms with van der Waals surface area (Å²) in [7, 11) is 0. The fraction of sp³-hybridized carbons (Fsp3) is 0.857. The molecule has 0 amide bonds. The second kappa shape index (κ2) is 5.43. The van der Waals surface area contributed by atoms with Gasteiger partial charge in [-0.15, -0.1) is 0 Å². The zero-order chi connectivity index (χ0) is 8.85. The Labute approximate surface area is 72.4 Å². The quantitative estimate of drug-likeness (QED) is 0.543. The number of rotatable bonds is 5. The Balaban J connectivity index is 3.56. The van der Waals surface area contributed by atoms with Crippen molar-refractivity contribution in [1.82, 2.24) is 0 Å². The molecule has 3 nitrogen and oxygen atoms in total. The molecule has 0 saturated heterocycles. The summed E-state index contributed by atoms with van der Waals surface area (Å²) in [6, 6.07) is 0. The molecular weight excluding hydrogens is 162 g/mol. The lowest BCUT2D eigenvalue weighted by atomic mass is 10.0. The van der Waals surface area contributed by atoms with Crippen molar-refractivity contribution < 1.29 is 9.90 Å². The van der Waals surface area contributed by atoms with E-state index in [9.17, 15) is 4.79 Å². The SMILES string of the molecule is CC(CC(S)CCN)C(=O)O. The predicted molar refractivity (Wildman–Crippen MR) is 47.9 cm³/mol. The van der Waals surface area contributed by atoms with E-state index in [0.717, 1.165) is 6.42 Å². The van der Waals surface area contributed by atoms with Crippen LogP contribution < -0.4 is 5.73 Å². The van der Waals surface area contributed by atoms with Crippen molar-refractivity contribution in [2.24, 2.45) is 11.7 Å². The third kappa shape index (κ3) is 5.09. The molecule has 0 rings (SSSR count). The van der Waals surface area contributed by atoms with Gasteiger partial charge >= 0.3 is 5.97 Å². The fourth-order valence-electron chi connectivity index (χ4n) is 0.819. The lowest BCUT2D eigenvalue weighted by Gasteiger charge is -2.11. The van der Waals surface area contributed by atoms with Gasteiger partial charge in [-0.2, -0.15) is 12.6 Å². The molecule has 2 unspecified atom stereocenters. The van der Waals surface area contributed by atoms with E-state index in [1.807, 2.05) is 0 Å². The van der Waals surface area contributed by atoms with Gasteiger partial charge in [0.2, 0.25) is 0 Å². The number of hydrogen-bond donors (Lipinski definition) is 3. The predicted octanol–water partition coefficient (Wildman–Crippen LogP) is 0.744. The molecule has 0 saturated carbocycles. The molecule has 0 bridgehead atoms. The Morgan fingerprint density at radius 2 is 2.27 bits per heavy atom. The molecule has 0 heterocycles. The number of nitrogens with two attached hydrogens (primary N) is 1. The van der Waals surface area contributed by atoms with Gasteiger partial charge in [0, 0.05) is 5.25 Å². The average Bonchev–Trinajstić information content (AvgIpc) is 1.87. The van der Waals surface area contributed by atoms with Gasteiger partial charge in [-0.05, 0) is 19.4 Å². The van der Waals surface area contributed by atoms with E-state index in [1.54, 1.807) is 6.92 Å². The molecule has 0 radical (unpaired) electrons. The maximum Gasteiger partial charge on any atom is 0.306 e. The summed E-state index contributed by atoms with van der Waals surface area (Å²) in [6.45, 7) is 2.25. The van der Waals surface area contributed by atoms with Crippen LogP contribution in [0.2, 0.25) is 0 Å². The highest BCUT2D eigenvalue weighted by molar-refractivity contribution is 7.80. The molecule has 4 heteroatoms. The summed E-state index contributed by atoms with van der Waals surface area (Å²) in [6.07, 6.45) is 1.37. The van der Waals surface area contributed by atoms with Crippen molar-refractivity contribution >= 4 is 18.6 Å². The summed E-state index contributed by atoms with van der Waals surface area (Å²) in [5.74, 6) is -1.08. The summed E-state index contributed by atoms with van der Waals surface area (Å²) in [4.78, 5) is 10.4. The average molecular weight is 177 g/mol. The Bertz CT molecular complexity index is 130. The number of carboxylic acids is 1. The third-order valence-corrected chi connectivity index (χ3v) is 2.02. The summed E-state index contributed by atoms with van der Waals surface area (Å²) < 4.78 is 0. The molecule has 0 aromatic carbocycles. The summed E-state index contributed by atoms with van der Waals surface area (Å²) >= 11 is 4.20. The van der Waals surface area contributed by atoms with Gasteiger partial charge in [-0.3, -0.25) is 4.79 Å². The number of thiol groups is 1. The highest BCUT2D eigenvalue weighted by Gasteiger charge is 2.14. The molecule has 11 heavy (non-hydrogen) atoms. The number of hydrogen-bond acceptors (Lipinski definition) is 3. The van der Waals surface area contributed by atoms with Crippen molar-refractivity contribution in [3.8, 4) is 0 Å². The number of carboxylic acid groups (broad SMARTS) is 1. The molecular formula is C7H15NO2S. The van der Waals surface area contributed by atoms with Gasteiger partial charge in [0.15, 0.2) is 0 Å². The molecule has 0 aromatic heterocycles. The van der Waals surface area contributed by atoms with Crippen LogP contribution in [0.4, 0.5) is 0 Å². The van der Waals surface area contributed by atoms with E-state index in [1.165, 1.54) is 0 Å². The van der Waals surface area contributed by atoms with Gasteiger partial charge in [0.1, 0.15) is 0 Å². The van der Waals surface area contributed by atoms with Gasteiger partial charge in [-0.1, -0.05) is 6.92 Å².